The molecule has 28 heavy (non-hydrogen) atoms. The standard InChI is InChI=1S/C21H21N3O2S2/c1-2-26-20(25)18-12-17(11-15-7-4-3-5-8-15)28-19(18)24-21(27)23-14-16-9-6-10-22-13-16/h3-10,12-13H,2,11,14H2,1H3,(H2,23,24,27). The molecule has 2 aromatic heterocycles. The molecule has 0 atom stereocenters. The molecule has 0 unspecified atom stereocenters. The number of nitrogens with zero attached hydrogens (tertiary/aromatic N) is 1. The second-order valence-corrected chi connectivity index (χ2v) is 7.55. The topological polar surface area (TPSA) is 63.2 Å². The summed E-state index contributed by atoms with van der Waals surface area (Å²) in [6.45, 7) is 2.67. The molecule has 0 saturated heterocycles. The molecule has 2 heterocycles. The van der Waals surface area contributed by atoms with Crippen LogP contribution in [0.1, 0.15) is 33.3 Å². The summed E-state index contributed by atoms with van der Waals surface area (Å²) in [6.07, 6.45) is 4.25. The Morgan fingerprint density at radius 3 is 2.68 bits per heavy atom. The number of nitrogens with one attached hydrogen (secondary N) is 2. The highest BCUT2D eigenvalue weighted by Crippen LogP contribution is 2.30. The molecular weight excluding hydrogens is 390 g/mol. The van der Waals surface area contributed by atoms with Crippen LogP contribution in [-0.2, 0) is 17.7 Å². The summed E-state index contributed by atoms with van der Waals surface area (Å²) in [6, 6.07) is 15.9. The highest BCUT2D eigenvalue weighted by Gasteiger charge is 2.18. The van der Waals surface area contributed by atoms with E-state index in [1.54, 1.807) is 19.3 Å². The highest BCUT2D eigenvalue weighted by atomic mass is 32.1. The minimum atomic E-state index is -0.351. The summed E-state index contributed by atoms with van der Waals surface area (Å²) in [4.78, 5) is 17.5. The summed E-state index contributed by atoms with van der Waals surface area (Å²) in [5.41, 5.74) is 2.71. The van der Waals surface area contributed by atoms with E-state index in [0.29, 0.717) is 28.8 Å². The quantitative estimate of drug-likeness (QED) is 0.444. The molecule has 0 radical (unpaired) electrons. The van der Waals surface area contributed by atoms with Crippen molar-refractivity contribution in [3.05, 3.63) is 82.5 Å². The van der Waals surface area contributed by atoms with Gasteiger partial charge in [-0.1, -0.05) is 36.4 Å². The second-order valence-electron chi connectivity index (χ2n) is 6.01. The molecular formula is C21H21N3O2S2. The lowest BCUT2D eigenvalue weighted by molar-refractivity contribution is 0.0528. The smallest absolute Gasteiger partial charge is 0.341 e. The number of carbonyl (C=O) groups is 1. The van der Waals surface area contributed by atoms with Crippen LogP contribution >= 0.6 is 23.6 Å². The Bertz CT molecular complexity index is 927. The monoisotopic (exact) mass is 411 g/mol. The van der Waals surface area contributed by atoms with Gasteiger partial charge in [0.2, 0.25) is 0 Å². The molecule has 144 valence electrons. The van der Waals surface area contributed by atoms with Gasteiger partial charge in [-0.05, 0) is 42.4 Å². The number of esters is 1. The fourth-order valence-corrected chi connectivity index (χ4v) is 3.93. The van der Waals surface area contributed by atoms with Gasteiger partial charge in [0, 0.05) is 30.2 Å². The molecule has 0 amide bonds. The number of benzene rings is 1. The van der Waals surface area contributed by atoms with E-state index in [9.17, 15) is 4.79 Å². The minimum absolute atomic E-state index is 0.325. The van der Waals surface area contributed by atoms with Crippen molar-refractivity contribution in [3.8, 4) is 0 Å². The lowest BCUT2D eigenvalue weighted by Gasteiger charge is -2.10. The number of anilines is 1. The van der Waals surface area contributed by atoms with Gasteiger partial charge < -0.3 is 15.4 Å². The number of thiocarbonyl (C=S) groups is 1. The van der Waals surface area contributed by atoms with Crippen LogP contribution in [-0.4, -0.2) is 22.7 Å². The van der Waals surface area contributed by atoms with Crippen molar-refractivity contribution >= 4 is 39.6 Å². The molecule has 7 heteroatoms. The number of aromatic nitrogens is 1. The lowest BCUT2D eigenvalue weighted by Crippen LogP contribution is -2.28. The summed E-state index contributed by atoms with van der Waals surface area (Å²) in [5, 5.41) is 7.42. The van der Waals surface area contributed by atoms with Crippen molar-refractivity contribution in [2.75, 3.05) is 11.9 Å². The first-order valence-corrected chi connectivity index (χ1v) is 10.2. The number of hydrogen-bond donors (Lipinski definition) is 2. The average molecular weight is 412 g/mol. The van der Waals surface area contributed by atoms with E-state index in [1.165, 1.54) is 16.9 Å². The second kappa shape index (κ2) is 9.96. The van der Waals surface area contributed by atoms with E-state index in [4.69, 9.17) is 17.0 Å². The van der Waals surface area contributed by atoms with Crippen molar-refractivity contribution in [1.29, 1.82) is 0 Å². The van der Waals surface area contributed by atoms with Crippen molar-refractivity contribution in [3.63, 3.8) is 0 Å². The zero-order valence-corrected chi connectivity index (χ0v) is 17.1. The third-order valence-corrected chi connectivity index (χ3v) is 5.20. The molecule has 0 aliphatic carbocycles. The maximum atomic E-state index is 12.4. The number of rotatable bonds is 7. The highest BCUT2D eigenvalue weighted by molar-refractivity contribution is 7.80. The number of hydrogen-bond acceptors (Lipinski definition) is 5. The largest absolute Gasteiger partial charge is 0.462 e. The Labute approximate surface area is 173 Å². The van der Waals surface area contributed by atoms with Gasteiger partial charge in [-0.3, -0.25) is 4.98 Å². The SMILES string of the molecule is CCOC(=O)c1cc(Cc2ccccc2)sc1NC(=S)NCc1cccnc1. The molecule has 3 rings (SSSR count). The number of carbonyl (C=O) groups excluding carboxylic acids is 1. The first-order chi connectivity index (χ1) is 13.7. The van der Waals surface area contributed by atoms with Gasteiger partial charge in [-0.2, -0.15) is 0 Å². The first-order valence-electron chi connectivity index (χ1n) is 8.93. The van der Waals surface area contributed by atoms with Crippen molar-refractivity contribution in [2.24, 2.45) is 0 Å². The van der Waals surface area contributed by atoms with E-state index in [-0.39, 0.29) is 5.97 Å². The molecule has 0 aliphatic rings. The molecule has 2 N–H and O–H groups in total. The Hall–Kier alpha value is -2.77. The fraction of sp³-hybridized carbons (Fsp3) is 0.190. The molecule has 0 fully saturated rings. The van der Waals surface area contributed by atoms with Crippen LogP contribution in [0.25, 0.3) is 0 Å². The van der Waals surface area contributed by atoms with Crippen LogP contribution in [0.5, 0.6) is 0 Å². The van der Waals surface area contributed by atoms with Crippen LogP contribution in [0.15, 0.2) is 60.9 Å². The third-order valence-electron chi connectivity index (χ3n) is 3.90. The van der Waals surface area contributed by atoms with Crippen LogP contribution in [0.2, 0.25) is 0 Å². The van der Waals surface area contributed by atoms with Crippen molar-refractivity contribution in [1.82, 2.24) is 10.3 Å². The molecule has 3 aromatic rings. The van der Waals surface area contributed by atoms with Crippen LogP contribution < -0.4 is 10.6 Å². The third kappa shape index (κ3) is 5.61. The van der Waals surface area contributed by atoms with Gasteiger partial charge in [-0.15, -0.1) is 11.3 Å². The summed E-state index contributed by atoms with van der Waals surface area (Å²) >= 11 is 6.90. The van der Waals surface area contributed by atoms with Gasteiger partial charge in [0.1, 0.15) is 5.00 Å². The normalized spacial score (nSPS) is 10.3. The number of thiophene rings is 1. The summed E-state index contributed by atoms with van der Waals surface area (Å²) < 4.78 is 5.20. The average Bonchev–Trinajstić information content (AvgIpc) is 3.10. The van der Waals surface area contributed by atoms with Gasteiger partial charge in [0.05, 0.1) is 12.2 Å². The Balaban J connectivity index is 1.72. The Morgan fingerprint density at radius 1 is 1.18 bits per heavy atom. The first kappa shape index (κ1) is 20.0. The minimum Gasteiger partial charge on any atom is -0.462 e. The number of pyridine rings is 1. The molecule has 1 aromatic carbocycles. The predicted octanol–water partition coefficient (Wildman–Crippen LogP) is 4.40. The van der Waals surface area contributed by atoms with Crippen LogP contribution in [0, 0.1) is 0 Å². The van der Waals surface area contributed by atoms with E-state index in [2.05, 4.69) is 27.8 Å². The van der Waals surface area contributed by atoms with E-state index >= 15 is 0 Å². The van der Waals surface area contributed by atoms with E-state index < -0.39 is 0 Å². The van der Waals surface area contributed by atoms with Gasteiger partial charge in [-0.25, -0.2) is 4.79 Å². The van der Waals surface area contributed by atoms with Crippen molar-refractivity contribution < 1.29 is 9.53 Å². The van der Waals surface area contributed by atoms with Crippen LogP contribution in [0.4, 0.5) is 5.00 Å². The van der Waals surface area contributed by atoms with Gasteiger partial charge in [0.15, 0.2) is 5.11 Å². The van der Waals surface area contributed by atoms with E-state index in [0.717, 1.165) is 16.9 Å². The van der Waals surface area contributed by atoms with Crippen molar-refractivity contribution in [2.45, 2.75) is 19.9 Å². The predicted molar refractivity (Wildman–Crippen MR) is 117 cm³/mol. The van der Waals surface area contributed by atoms with E-state index in [1.807, 2.05) is 36.4 Å². The molecule has 0 aliphatic heterocycles. The molecule has 0 bridgehead atoms. The van der Waals surface area contributed by atoms with Gasteiger partial charge >= 0.3 is 5.97 Å². The Kier molecular flexibility index (Phi) is 7.11. The van der Waals surface area contributed by atoms with Crippen LogP contribution in [0.3, 0.4) is 0 Å². The number of ether oxygens (including phenoxy) is 1. The zero-order chi connectivity index (χ0) is 19.8. The maximum Gasteiger partial charge on any atom is 0.341 e. The lowest BCUT2D eigenvalue weighted by atomic mass is 10.1. The summed E-state index contributed by atoms with van der Waals surface area (Å²) in [7, 11) is 0. The zero-order valence-electron chi connectivity index (χ0n) is 15.5. The molecule has 0 saturated carbocycles. The molecule has 5 nitrogen and oxygen atoms in total. The summed E-state index contributed by atoms with van der Waals surface area (Å²) in [5.74, 6) is -0.351. The maximum absolute atomic E-state index is 12.4. The molecule has 0 spiro atoms. The van der Waals surface area contributed by atoms with Gasteiger partial charge in [0.25, 0.3) is 0 Å². The Morgan fingerprint density at radius 2 is 1.96 bits per heavy atom. The fourth-order valence-electron chi connectivity index (χ4n) is 2.61.